The maximum Gasteiger partial charge on any atom is 0.257 e. The molecule has 2 aromatic rings. The summed E-state index contributed by atoms with van der Waals surface area (Å²) in [6.07, 6.45) is 2.33. The third kappa shape index (κ3) is 2.38. The van der Waals surface area contributed by atoms with Gasteiger partial charge >= 0.3 is 0 Å². The lowest BCUT2D eigenvalue weighted by molar-refractivity contribution is 0.664. The molecule has 4 heteroatoms. The Morgan fingerprint density at radius 3 is 2.83 bits per heavy atom. The third-order valence-corrected chi connectivity index (χ3v) is 4.38. The van der Waals surface area contributed by atoms with Gasteiger partial charge in [-0.15, -0.1) is 0 Å². The number of H-pyrrole nitrogens is 1. The molecule has 1 aliphatic heterocycles. The number of thioether (sulfide) groups is 1. The number of benzene rings is 1. The molecule has 1 aromatic heterocycles. The highest BCUT2D eigenvalue weighted by Gasteiger charge is 2.13. The summed E-state index contributed by atoms with van der Waals surface area (Å²) < 4.78 is 0. The SMILES string of the molecule is O=c1[nH]c(NC2CCSCC2)cc2ccccc12. The monoisotopic (exact) mass is 260 g/mol. The molecular weight excluding hydrogens is 244 g/mol. The number of aromatic amines is 1. The summed E-state index contributed by atoms with van der Waals surface area (Å²) in [6.45, 7) is 0. The molecule has 0 radical (unpaired) electrons. The summed E-state index contributed by atoms with van der Waals surface area (Å²) in [5, 5.41) is 5.19. The minimum absolute atomic E-state index is 0.0132. The second-order valence-electron chi connectivity index (χ2n) is 4.63. The topological polar surface area (TPSA) is 44.9 Å². The molecule has 3 nitrogen and oxygen atoms in total. The minimum atomic E-state index is -0.0132. The van der Waals surface area contributed by atoms with Crippen LogP contribution in [0.5, 0.6) is 0 Å². The van der Waals surface area contributed by atoms with E-state index in [1.54, 1.807) is 0 Å². The van der Waals surface area contributed by atoms with Gasteiger partial charge in [-0.3, -0.25) is 4.79 Å². The highest BCUT2D eigenvalue weighted by Crippen LogP contribution is 2.21. The third-order valence-electron chi connectivity index (χ3n) is 3.33. The Morgan fingerprint density at radius 2 is 2.00 bits per heavy atom. The van der Waals surface area contributed by atoms with E-state index in [0.29, 0.717) is 6.04 Å². The number of nitrogens with one attached hydrogen (secondary N) is 2. The van der Waals surface area contributed by atoms with Gasteiger partial charge in [0.1, 0.15) is 5.82 Å². The van der Waals surface area contributed by atoms with Crippen LogP contribution < -0.4 is 10.9 Å². The van der Waals surface area contributed by atoms with Crippen molar-refractivity contribution in [3.05, 3.63) is 40.7 Å². The molecule has 2 N–H and O–H groups in total. The molecule has 2 heterocycles. The molecule has 1 fully saturated rings. The van der Waals surface area contributed by atoms with E-state index in [4.69, 9.17) is 0 Å². The van der Waals surface area contributed by atoms with Crippen molar-refractivity contribution in [2.45, 2.75) is 18.9 Å². The summed E-state index contributed by atoms with van der Waals surface area (Å²) >= 11 is 2.00. The molecule has 1 saturated heterocycles. The lowest BCUT2D eigenvalue weighted by Crippen LogP contribution is -2.26. The normalized spacial score (nSPS) is 16.9. The Bertz CT molecular complexity index is 602. The van der Waals surface area contributed by atoms with E-state index in [1.165, 1.54) is 24.3 Å². The van der Waals surface area contributed by atoms with Crippen LogP contribution in [-0.4, -0.2) is 22.5 Å². The van der Waals surface area contributed by atoms with Crippen LogP contribution in [0.15, 0.2) is 35.1 Å². The number of aromatic nitrogens is 1. The number of fused-ring (bicyclic) bond motifs is 1. The first-order chi connectivity index (χ1) is 8.83. The van der Waals surface area contributed by atoms with Crippen molar-refractivity contribution in [3.8, 4) is 0 Å². The Kier molecular flexibility index (Phi) is 3.28. The standard InChI is InChI=1S/C14H16N2OS/c17-14-12-4-2-1-3-10(12)9-13(16-14)15-11-5-7-18-8-6-11/h1-4,9,11H,5-8H2,(H2,15,16,17). The van der Waals surface area contributed by atoms with E-state index < -0.39 is 0 Å². The number of hydrogen-bond acceptors (Lipinski definition) is 3. The van der Waals surface area contributed by atoms with Crippen molar-refractivity contribution in [3.63, 3.8) is 0 Å². The minimum Gasteiger partial charge on any atom is -0.369 e. The maximum atomic E-state index is 11.9. The lowest BCUT2D eigenvalue weighted by Gasteiger charge is -2.23. The van der Waals surface area contributed by atoms with Crippen LogP contribution in [0.25, 0.3) is 10.8 Å². The molecular formula is C14H16N2OS. The van der Waals surface area contributed by atoms with Gasteiger partial charge in [0.25, 0.3) is 5.56 Å². The van der Waals surface area contributed by atoms with Crippen LogP contribution >= 0.6 is 11.8 Å². The van der Waals surface area contributed by atoms with Gasteiger partial charge in [-0.2, -0.15) is 11.8 Å². The fourth-order valence-electron chi connectivity index (χ4n) is 2.35. The van der Waals surface area contributed by atoms with Crippen LogP contribution in [0, 0.1) is 0 Å². The molecule has 0 bridgehead atoms. The van der Waals surface area contributed by atoms with Gasteiger partial charge in [-0.25, -0.2) is 0 Å². The first-order valence-corrected chi connectivity index (χ1v) is 7.45. The Balaban J connectivity index is 1.90. The Labute approximate surface area is 110 Å². The molecule has 0 unspecified atom stereocenters. The fraction of sp³-hybridized carbons (Fsp3) is 0.357. The molecule has 94 valence electrons. The van der Waals surface area contributed by atoms with Gasteiger partial charge in [0.15, 0.2) is 0 Å². The predicted molar refractivity (Wildman–Crippen MR) is 78.5 cm³/mol. The molecule has 0 atom stereocenters. The van der Waals surface area contributed by atoms with Crippen molar-refractivity contribution in [2.24, 2.45) is 0 Å². The van der Waals surface area contributed by atoms with Crippen molar-refractivity contribution in [1.29, 1.82) is 0 Å². The van der Waals surface area contributed by atoms with E-state index >= 15 is 0 Å². The summed E-state index contributed by atoms with van der Waals surface area (Å²) in [5.41, 5.74) is -0.0132. The zero-order valence-electron chi connectivity index (χ0n) is 10.1. The molecule has 0 spiro atoms. The zero-order chi connectivity index (χ0) is 12.4. The van der Waals surface area contributed by atoms with Crippen molar-refractivity contribution >= 4 is 28.4 Å². The molecule has 3 rings (SSSR count). The summed E-state index contributed by atoms with van der Waals surface area (Å²) in [5.74, 6) is 3.25. The number of anilines is 1. The van der Waals surface area contributed by atoms with Gasteiger partial charge in [0, 0.05) is 11.4 Å². The number of hydrogen-bond donors (Lipinski definition) is 2. The number of pyridine rings is 1. The molecule has 0 amide bonds. The molecule has 18 heavy (non-hydrogen) atoms. The average Bonchev–Trinajstić information content (AvgIpc) is 2.40. The van der Waals surface area contributed by atoms with Gasteiger partial charge in [0.05, 0.1) is 0 Å². The van der Waals surface area contributed by atoms with Crippen LogP contribution in [0.4, 0.5) is 5.82 Å². The van der Waals surface area contributed by atoms with Crippen molar-refractivity contribution in [2.75, 3.05) is 16.8 Å². The quantitative estimate of drug-likeness (QED) is 0.872. The van der Waals surface area contributed by atoms with Crippen LogP contribution in [0.1, 0.15) is 12.8 Å². The molecule has 0 aliphatic carbocycles. The predicted octanol–water partition coefficient (Wildman–Crippen LogP) is 2.84. The first-order valence-electron chi connectivity index (χ1n) is 6.29. The zero-order valence-corrected chi connectivity index (χ0v) is 10.9. The van der Waals surface area contributed by atoms with E-state index in [1.807, 2.05) is 42.1 Å². The highest BCUT2D eigenvalue weighted by molar-refractivity contribution is 7.99. The largest absolute Gasteiger partial charge is 0.369 e. The van der Waals surface area contributed by atoms with Crippen molar-refractivity contribution in [1.82, 2.24) is 4.98 Å². The van der Waals surface area contributed by atoms with E-state index in [-0.39, 0.29) is 5.56 Å². The van der Waals surface area contributed by atoms with E-state index in [0.717, 1.165) is 16.6 Å². The molecule has 0 saturated carbocycles. The van der Waals surface area contributed by atoms with Crippen LogP contribution in [0.2, 0.25) is 0 Å². The summed E-state index contributed by atoms with van der Waals surface area (Å²) in [4.78, 5) is 14.9. The Hall–Kier alpha value is -1.42. The summed E-state index contributed by atoms with van der Waals surface area (Å²) in [7, 11) is 0. The average molecular weight is 260 g/mol. The molecule has 1 aliphatic rings. The van der Waals surface area contributed by atoms with E-state index in [2.05, 4.69) is 10.3 Å². The fourth-order valence-corrected chi connectivity index (χ4v) is 3.46. The maximum absolute atomic E-state index is 11.9. The van der Waals surface area contributed by atoms with Gasteiger partial charge < -0.3 is 10.3 Å². The van der Waals surface area contributed by atoms with Gasteiger partial charge in [-0.1, -0.05) is 18.2 Å². The number of rotatable bonds is 2. The highest BCUT2D eigenvalue weighted by atomic mass is 32.2. The van der Waals surface area contributed by atoms with Crippen LogP contribution in [0.3, 0.4) is 0 Å². The smallest absolute Gasteiger partial charge is 0.257 e. The van der Waals surface area contributed by atoms with Gasteiger partial charge in [-0.05, 0) is 41.9 Å². The first kappa shape index (κ1) is 11.7. The Morgan fingerprint density at radius 1 is 1.22 bits per heavy atom. The van der Waals surface area contributed by atoms with Gasteiger partial charge in [0.2, 0.25) is 0 Å². The van der Waals surface area contributed by atoms with E-state index in [9.17, 15) is 4.79 Å². The molecule has 1 aromatic carbocycles. The summed E-state index contributed by atoms with van der Waals surface area (Å²) in [6, 6.07) is 10.2. The van der Waals surface area contributed by atoms with Crippen molar-refractivity contribution < 1.29 is 0 Å². The van der Waals surface area contributed by atoms with Crippen LogP contribution in [-0.2, 0) is 0 Å². The second-order valence-corrected chi connectivity index (χ2v) is 5.86. The second kappa shape index (κ2) is 5.06. The lowest BCUT2D eigenvalue weighted by atomic mass is 10.1.